The number of hydrogen-bond acceptors (Lipinski definition) is 5. The molecule has 2 N–H and O–H groups in total. The molecule has 0 bridgehead atoms. The van der Waals surface area contributed by atoms with Crippen LogP contribution in [0.2, 0.25) is 0 Å². The summed E-state index contributed by atoms with van der Waals surface area (Å²) in [6.07, 6.45) is 0.842. The lowest BCUT2D eigenvalue weighted by Crippen LogP contribution is -2.09. The van der Waals surface area contributed by atoms with Gasteiger partial charge < -0.3 is 5.73 Å². The molecule has 7 heteroatoms. The minimum atomic E-state index is -0.447. The predicted molar refractivity (Wildman–Crippen MR) is 105 cm³/mol. The third kappa shape index (κ3) is 3.63. The molecule has 0 aliphatic heterocycles. The van der Waals surface area contributed by atoms with Crippen LogP contribution in [0.5, 0.6) is 0 Å². The minimum Gasteiger partial charge on any atom is -0.365 e. The summed E-state index contributed by atoms with van der Waals surface area (Å²) >= 11 is 1.26. The number of benzene rings is 2. The summed E-state index contributed by atoms with van der Waals surface area (Å²) in [4.78, 5) is 13.4. The van der Waals surface area contributed by atoms with Crippen molar-refractivity contribution in [3.05, 3.63) is 82.2 Å². The fraction of sp³-hybridized carbons (Fsp3) is 0.100. The van der Waals surface area contributed by atoms with Crippen LogP contribution < -0.4 is 5.73 Å². The Morgan fingerprint density at radius 3 is 2.59 bits per heavy atom. The largest absolute Gasteiger partial charge is 0.365 e. The molecular weight excluding hydrogens is 358 g/mol. The first kappa shape index (κ1) is 17.1. The molecule has 0 aliphatic rings. The second-order valence-corrected chi connectivity index (χ2v) is 7.26. The summed E-state index contributed by atoms with van der Waals surface area (Å²) in [5.41, 5.74) is 9.53. The van der Waals surface area contributed by atoms with Crippen molar-refractivity contribution in [3.63, 3.8) is 0 Å². The summed E-state index contributed by atoms with van der Waals surface area (Å²) in [6.45, 7) is 1.84. The smallest absolute Gasteiger partial charge is 0.259 e. The lowest BCUT2D eigenvalue weighted by Gasteiger charge is -2.03. The second kappa shape index (κ2) is 7.13. The van der Waals surface area contributed by atoms with Crippen LogP contribution in [0.3, 0.4) is 0 Å². The van der Waals surface area contributed by atoms with E-state index in [1.165, 1.54) is 27.3 Å². The van der Waals surface area contributed by atoms with Gasteiger partial charge in [-0.3, -0.25) is 4.79 Å². The molecule has 0 radical (unpaired) electrons. The van der Waals surface area contributed by atoms with E-state index in [9.17, 15) is 4.79 Å². The van der Waals surface area contributed by atoms with Gasteiger partial charge in [-0.05, 0) is 47.4 Å². The molecule has 27 heavy (non-hydrogen) atoms. The average Bonchev–Trinajstić information content (AvgIpc) is 3.30. The standard InChI is InChI=1S/C20H17N5OS/c1-13-10-17(27-18(13)19(21)26)25-23-20(22-24-25)16-9-5-8-15(12-16)11-14-6-3-2-4-7-14/h2-10,12H,11H2,1H3,(H2,21,26). The summed E-state index contributed by atoms with van der Waals surface area (Å²) < 4.78 is 0. The Balaban J connectivity index is 1.61. The summed E-state index contributed by atoms with van der Waals surface area (Å²) in [7, 11) is 0. The number of carbonyl (C=O) groups is 1. The topological polar surface area (TPSA) is 86.7 Å². The van der Waals surface area contributed by atoms with Gasteiger partial charge in [-0.25, -0.2) is 0 Å². The van der Waals surface area contributed by atoms with Crippen molar-refractivity contribution in [2.45, 2.75) is 13.3 Å². The van der Waals surface area contributed by atoms with Gasteiger partial charge in [-0.15, -0.1) is 26.3 Å². The van der Waals surface area contributed by atoms with Crippen LogP contribution in [0.1, 0.15) is 26.4 Å². The van der Waals surface area contributed by atoms with Gasteiger partial charge in [0.25, 0.3) is 5.91 Å². The van der Waals surface area contributed by atoms with Crippen molar-refractivity contribution >= 4 is 17.2 Å². The van der Waals surface area contributed by atoms with E-state index in [1.807, 2.05) is 43.3 Å². The van der Waals surface area contributed by atoms with Gasteiger partial charge in [0, 0.05) is 5.56 Å². The van der Waals surface area contributed by atoms with E-state index in [0.29, 0.717) is 15.7 Å². The number of nitrogens with two attached hydrogens (primary N) is 1. The highest BCUT2D eigenvalue weighted by Gasteiger charge is 2.14. The van der Waals surface area contributed by atoms with Crippen LogP contribution in [-0.4, -0.2) is 26.1 Å². The van der Waals surface area contributed by atoms with Crippen LogP contribution >= 0.6 is 11.3 Å². The molecule has 4 aromatic rings. The molecule has 2 aromatic heterocycles. The second-order valence-electron chi connectivity index (χ2n) is 6.23. The Kier molecular flexibility index (Phi) is 4.52. The van der Waals surface area contributed by atoms with Crippen LogP contribution in [0.25, 0.3) is 16.4 Å². The molecular formula is C20H17N5OS. The quantitative estimate of drug-likeness (QED) is 0.579. The molecule has 0 atom stereocenters. The maximum absolute atomic E-state index is 11.4. The van der Waals surface area contributed by atoms with Crippen molar-refractivity contribution in [2.75, 3.05) is 0 Å². The number of aromatic nitrogens is 4. The van der Waals surface area contributed by atoms with E-state index in [0.717, 1.165) is 17.5 Å². The van der Waals surface area contributed by atoms with Gasteiger partial charge >= 0.3 is 0 Å². The van der Waals surface area contributed by atoms with Crippen LogP contribution in [0.15, 0.2) is 60.7 Å². The molecule has 0 spiro atoms. The Bertz CT molecular complexity index is 1100. The first-order valence-corrected chi connectivity index (χ1v) is 9.25. The van der Waals surface area contributed by atoms with E-state index in [2.05, 4.69) is 39.7 Å². The number of thiophene rings is 1. The highest BCUT2D eigenvalue weighted by molar-refractivity contribution is 7.16. The van der Waals surface area contributed by atoms with E-state index in [1.54, 1.807) is 0 Å². The number of rotatable bonds is 5. The third-order valence-corrected chi connectivity index (χ3v) is 5.39. The number of tetrazole rings is 1. The normalized spacial score (nSPS) is 10.9. The highest BCUT2D eigenvalue weighted by Crippen LogP contribution is 2.25. The number of amides is 1. The molecule has 1 amide bonds. The first-order chi connectivity index (χ1) is 13.1. The van der Waals surface area contributed by atoms with Crippen molar-refractivity contribution in [3.8, 4) is 16.4 Å². The summed E-state index contributed by atoms with van der Waals surface area (Å²) in [6, 6.07) is 20.3. The van der Waals surface area contributed by atoms with E-state index in [4.69, 9.17) is 5.73 Å². The van der Waals surface area contributed by atoms with Gasteiger partial charge in [0.1, 0.15) is 5.00 Å². The SMILES string of the molecule is Cc1cc(-n2nnc(-c3cccc(Cc4ccccc4)c3)n2)sc1C(N)=O. The lowest BCUT2D eigenvalue weighted by molar-refractivity contribution is 0.100. The van der Waals surface area contributed by atoms with Crippen molar-refractivity contribution in [2.24, 2.45) is 5.73 Å². The maximum Gasteiger partial charge on any atom is 0.259 e. The minimum absolute atomic E-state index is 0.447. The number of primary amides is 1. The van der Waals surface area contributed by atoms with Gasteiger partial charge in [0.2, 0.25) is 5.82 Å². The highest BCUT2D eigenvalue weighted by atomic mass is 32.1. The zero-order valence-electron chi connectivity index (χ0n) is 14.7. The van der Waals surface area contributed by atoms with Crippen LogP contribution in [0.4, 0.5) is 0 Å². The van der Waals surface area contributed by atoms with Crippen molar-refractivity contribution < 1.29 is 4.79 Å². The van der Waals surface area contributed by atoms with Crippen molar-refractivity contribution in [1.29, 1.82) is 0 Å². The average molecular weight is 375 g/mol. The molecule has 0 unspecified atom stereocenters. The zero-order chi connectivity index (χ0) is 18.8. The van der Waals surface area contributed by atoms with Crippen LogP contribution in [0, 0.1) is 6.92 Å². The summed E-state index contributed by atoms with van der Waals surface area (Å²) in [5.74, 6) is 0.0919. The monoisotopic (exact) mass is 375 g/mol. The lowest BCUT2D eigenvalue weighted by atomic mass is 10.0. The van der Waals surface area contributed by atoms with Crippen molar-refractivity contribution in [1.82, 2.24) is 20.2 Å². The molecule has 4 rings (SSSR count). The van der Waals surface area contributed by atoms with Gasteiger partial charge in [-0.2, -0.15) is 0 Å². The molecule has 6 nitrogen and oxygen atoms in total. The Hall–Kier alpha value is -3.32. The molecule has 2 aromatic carbocycles. The van der Waals surface area contributed by atoms with Gasteiger partial charge in [0.05, 0.1) is 4.88 Å². The number of hydrogen-bond donors (Lipinski definition) is 1. The van der Waals surface area contributed by atoms with Gasteiger partial charge in [-0.1, -0.05) is 48.5 Å². The molecule has 0 aliphatic carbocycles. The predicted octanol–water partition coefficient (Wildman–Crippen LogP) is 3.39. The summed E-state index contributed by atoms with van der Waals surface area (Å²) in [5, 5.41) is 13.5. The Morgan fingerprint density at radius 1 is 1.07 bits per heavy atom. The Morgan fingerprint density at radius 2 is 1.85 bits per heavy atom. The number of nitrogens with zero attached hydrogens (tertiary/aromatic N) is 4. The van der Waals surface area contributed by atoms with Crippen LogP contribution in [-0.2, 0) is 6.42 Å². The van der Waals surface area contributed by atoms with E-state index >= 15 is 0 Å². The fourth-order valence-corrected chi connectivity index (χ4v) is 3.81. The molecule has 0 fully saturated rings. The van der Waals surface area contributed by atoms with E-state index in [-0.39, 0.29) is 0 Å². The van der Waals surface area contributed by atoms with E-state index < -0.39 is 5.91 Å². The number of carbonyl (C=O) groups excluding carboxylic acids is 1. The third-order valence-electron chi connectivity index (χ3n) is 4.18. The fourth-order valence-electron chi connectivity index (χ4n) is 2.88. The molecule has 134 valence electrons. The molecule has 2 heterocycles. The Labute approximate surface area is 160 Å². The molecule has 0 saturated carbocycles. The van der Waals surface area contributed by atoms with Gasteiger partial charge in [0.15, 0.2) is 0 Å². The first-order valence-electron chi connectivity index (χ1n) is 8.44. The number of aryl methyl sites for hydroxylation is 1. The molecule has 0 saturated heterocycles. The maximum atomic E-state index is 11.4. The zero-order valence-corrected chi connectivity index (χ0v) is 15.5.